The molecule has 0 heterocycles. The van der Waals surface area contributed by atoms with Gasteiger partial charge in [0.05, 0.1) is 13.7 Å². The standard InChI is InChI=1S/C14H18N2O4S/c1-11(16-21(18,19)10-14(17)20-2)13-7-5-12(6-8-13)4-3-9-15/h5-8,11,16H,9-10,15H2,1-2H3. The van der Waals surface area contributed by atoms with Gasteiger partial charge in [0.2, 0.25) is 10.0 Å². The van der Waals surface area contributed by atoms with Crippen LogP contribution in [0.1, 0.15) is 24.1 Å². The zero-order valence-corrected chi connectivity index (χ0v) is 12.7. The molecule has 0 spiro atoms. The van der Waals surface area contributed by atoms with E-state index in [0.717, 1.165) is 18.2 Å². The van der Waals surface area contributed by atoms with Gasteiger partial charge in [0.1, 0.15) is 0 Å². The van der Waals surface area contributed by atoms with Crippen molar-refractivity contribution in [2.45, 2.75) is 13.0 Å². The number of methoxy groups -OCH3 is 1. The maximum absolute atomic E-state index is 11.7. The normalized spacial score (nSPS) is 12.1. The second-order valence-electron chi connectivity index (χ2n) is 4.30. The van der Waals surface area contributed by atoms with E-state index in [-0.39, 0.29) is 6.54 Å². The van der Waals surface area contributed by atoms with Crippen molar-refractivity contribution in [1.29, 1.82) is 0 Å². The SMILES string of the molecule is COC(=O)CS(=O)(=O)NC(C)c1ccc(C#CCN)cc1. The molecule has 1 atom stereocenters. The van der Waals surface area contributed by atoms with Crippen molar-refractivity contribution in [2.75, 3.05) is 19.4 Å². The lowest BCUT2D eigenvalue weighted by Crippen LogP contribution is -2.32. The summed E-state index contributed by atoms with van der Waals surface area (Å²) in [6, 6.07) is 6.64. The summed E-state index contributed by atoms with van der Waals surface area (Å²) < 4.78 is 30.2. The molecular weight excluding hydrogens is 292 g/mol. The van der Waals surface area contributed by atoms with Crippen LogP contribution in [-0.4, -0.2) is 33.8 Å². The molecule has 3 N–H and O–H groups in total. The first-order chi connectivity index (χ1) is 9.88. The molecule has 0 aromatic heterocycles. The zero-order chi connectivity index (χ0) is 15.9. The molecule has 0 radical (unpaired) electrons. The van der Waals surface area contributed by atoms with Crippen molar-refractivity contribution in [3.63, 3.8) is 0 Å². The maximum atomic E-state index is 11.7. The number of nitrogens with one attached hydrogen (secondary N) is 1. The molecule has 7 heteroatoms. The number of hydrogen-bond donors (Lipinski definition) is 2. The highest BCUT2D eigenvalue weighted by Crippen LogP contribution is 2.14. The van der Waals surface area contributed by atoms with Crippen LogP contribution in [0.2, 0.25) is 0 Å². The van der Waals surface area contributed by atoms with Crippen molar-refractivity contribution >= 4 is 16.0 Å². The summed E-state index contributed by atoms with van der Waals surface area (Å²) in [5.41, 5.74) is 6.85. The van der Waals surface area contributed by atoms with Crippen LogP contribution < -0.4 is 10.5 Å². The van der Waals surface area contributed by atoms with Gasteiger partial charge < -0.3 is 10.5 Å². The van der Waals surface area contributed by atoms with E-state index in [1.165, 1.54) is 0 Å². The summed E-state index contributed by atoms with van der Waals surface area (Å²) in [7, 11) is -2.59. The van der Waals surface area contributed by atoms with Gasteiger partial charge in [-0.05, 0) is 24.6 Å². The molecule has 0 aliphatic heterocycles. The number of sulfonamides is 1. The number of nitrogens with two attached hydrogens (primary N) is 1. The van der Waals surface area contributed by atoms with Crippen LogP contribution in [0, 0.1) is 11.8 Å². The first kappa shape index (κ1) is 17.2. The highest BCUT2D eigenvalue weighted by Gasteiger charge is 2.20. The summed E-state index contributed by atoms with van der Waals surface area (Å²) in [5, 5.41) is 0. The summed E-state index contributed by atoms with van der Waals surface area (Å²) >= 11 is 0. The third kappa shape index (κ3) is 5.95. The fourth-order valence-corrected chi connectivity index (χ4v) is 2.79. The number of carbonyl (C=O) groups is 1. The smallest absolute Gasteiger partial charge is 0.322 e. The van der Waals surface area contributed by atoms with E-state index in [2.05, 4.69) is 21.3 Å². The maximum Gasteiger partial charge on any atom is 0.322 e. The molecule has 0 amide bonds. The van der Waals surface area contributed by atoms with E-state index >= 15 is 0 Å². The molecular formula is C14H18N2O4S. The second kappa shape index (κ2) is 7.78. The molecule has 0 aliphatic carbocycles. The van der Waals surface area contributed by atoms with Gasteiger partial charge in [-0.1, -0.05) is 24.0 Å². The minimum Gasteiger partial charge on any atom is -0.468 e. The Kier molecular flexibility index (Phi) is 6.37. The molecule has 0 saturated heterocycles. The van der Waals surface area contributed by atoms with Crippen LogP contribution >= 0.6 is 0 Å². The third-order valence-electron chi connectivity index (χ3n) is 2.64. The Morgan fingerprint density at radius 1 is 1.38 bits per heavy atom. The summed E-state index contributed by atoms with van der Waals surface area (Å²) in [6.07, 6.45) is 0. The molecule has 1 aromatic rings. The average Bonchev–Trinajstić information content (AvgIpc) is 2.44. The quantitative estimate of drug-likeness (QED) is 0.596. The zero-order valence-electron chi connectivity index (χ0n) is 11.9. The Hall–Kier alpha value is -1.88. The summed E-state index contributed by atoms with van der Waals surface area (Å²) in [5.74, 6) is 4.11. The fraction of sp³-hybridized carbons (Fsp3) is 0.357. The van der Waals surface area contributed by atoms with Crippen LogP contribution in [0.25, 0.3) is 0 Å². The van der Waals surface area contributed by atoms with Gasteiger partial charge in [0, 0.05) is 11.6 Å². The van der Waals surface area contributed by atoms with E-state index in [1.54, 1.807) is 31.2 Å². The van der Waals surface area contributed by atoms with Crippen molar-refractivity contribution < 1.29 is 17.9 Å². The molecule has 1 rings (SSSR count). The predicted octanol–water partition coefficient (Wildman–Crippen LogP) is 0.150. The van der Waals surface area contributed by atoms with Crippen LogP contribution in [0.3, 0.4) is 0 Å². The average molecular weight is 310 g/mol. The monoisotopic (exact) mass is 310 g/mol. The molecule has 114 valence electrons. The highest BCUT2D eigenvalue weighted by atomic mass is 32.2. The van der Waals surface area contributed by atoms with E-state index < -0.39 is 27.8 Å². The number of esters is 1. The molecule has 1 aromatic carbocycles. The predicted molar refractivity (Wildman–Crippen MR) is 79.7 cm³/mol. The first-order valence-corrected chi connectivity index (χ1v) is 7.89. The van der Waals surface area contributed by atoms with Gasteiger partial charge in [-0.15, -0.1) is 0 Å². The fourth-order valence-electron chi connectivity index (χ4n) is 1.60. The summed E-state index contributed by atoms with van der Waals surface area (Å²) in [4.78, 5) is 11.0. The van der Waals surface area contributed by atoms with Gasteiger partial charge in [-0.2, -0.15) is 0 Å². The number of ether oxygens (including phenoxy) is 1. The van der Waals surface area contributed by atoms with E-state index in [9.17, 15) is 13.2 Å². The van der Waals surface area contributed by atoms with Gasteiger partial charge in [0.15, 0.2) is 5.75 Å². The molecule has 6 nitrogen and oxygen atoms in total. The van der Waals surface area contributed by atoms with E-state index in [0.29, 0.717) is 0 Å². The van der Waals surface area contributed by atoms with Crippen molar-refractivity contribution in [3.05, 3.63) is 35.4 Å². The molecule has 0 bridgehead atoms. The van der Waals surface area contributed by atoms with Gasteiger partial charge in [-0.3, -0.25) is 4.79 Å². The number of benzene rings is 1. The Morgan fingerprint density at radius 2 is 2.00 bits per heavy atom. The molecule has 0 saturated carbocycles. The lowest BCUT2D eigenvalue weighted by Gasteiger charge is -2.14. The molecule has 0 aliphatic rings. The minimum absolute atomic E-state index is 0.283. The van der Waals surface area contributed by atoms with Crippen molar-refractivity contribution in [1.82, 2.24) is 4.72 Å². The topological polar surface area (TPSA) is 98.5 Å². The number of hydrogen-bond acceptors (Lipinski definition) is 5. The molecule has 21 heavy (non-hydrogen) atoms. The number of rotatable bonds is 5. The Labute approximate surface area is 124 Å². The number of carbonyl (C=O) groups excluding carboxylic acids is 1. The second-order valence-corrected chi connectivity index (χ2v) is 6.06. The highest BCUT2D eigenvalue weighted by molar-refractivity contribution is 7.90. The van der Waals surface area contributed by atoms with Gasteiger partial charge in [-0.25, -0.2) is 13.1 Å². The molecule has 1 unspecified atom stereocenters. The van der Waals surface area contributed by atoms with Crippen LogP contribution in [0.15, 0.2) is 24.3 Å². The van der Waals surface area contributed by atoms with Gasteiger partial charge in [0.25, 0.3) is 0 Å². The Bertz CT molecular complexity index is 642. The summed E-state index contributed by atoms with van der Waals surface area (Å²) in [6.45, 7) is 1.97. The lowest BCUT2D eigenvalue weighted by atomic mass is 10.1. The Morgan fingerprint density at radius 3 is 2.52 bits per heavy atom. The minimum atomic E-state index is -3.73. The van der Waals surface area contributed by atoms with E-state index in [1.807, 2.05) is 0 Å². The van der Waals surface area contributed by atoms with Crippen LogP contribution in [0.4, 0.5) is 0 Å². The van der Waals surface area contributed by atoms with Crippen molar-refractivity contribution in [3.8, 4) is 11.8 Å². The van der Waals surface area contributed by atoms with E-state index in [4.69, 9.17) is 5.73 Å². The van der Waals surface area contributed by atoms with Crippen LogP contribution in [0.5, 0.6) is 0 Å². The van der Waals surface area contributed by atoms with Crippen LogP contribution in [-0.2, 0) is 19.6 Å². The van der Waals surface area contributed by atoms with Gasteiger partial charge >= 0.3 is 5.97 Å². The Balaban J connectivity index is 2.75. The largest absolute Gasteiger partial charge is 0.468 e. The molecule has 0 fully saturated rings. The first-order valence-electron chi connectivity index (χ1n) is 6.23. The third-order valence-corrected chi connectivity index (χ3v) is 3.97. The van der Waals surface area contributed by atoms with Crippen molar-refractivity contribution in [2.24, 2.45) is 5.73 Å². The lowest BCUT2D eigenvalue weighted by molar-refractivity contribution is -0.137.